The number of rotatable bonds is 5. The molecular weight excluding hydrogens is 242 g/mol. The lowest BCUT2D eigenvalue weighted by molar-refractivity contribution is -0.123. The summed E-state index contributed by atoms with van der Waals surface area (Å²) in [5.74, 6) is 0.0783. The topological polar surface area (TPSA) is 67.6 Å². The molecule has 1 atom stereocenters. The Morgan fingerprint density at radius 1 is 1.37 bits per heavy atom. The summed E-state index contributed by atoms with van der Waals surface area (Å²) in [6, 6.07) is 0.187. The van der Waals surface area contributed by atoms with Crippen LogP contribution < -0.4 is 11.1 Å². The summed E-state index contributed by atoms with van der Waals surface area (Å²) in [6.45, 7) is 6.16. The minimum absolute atomic E-state index is 0.0783. The fourth-order valence-corrected chi connectivity index (χ4v) is 3.60. The first kappa shape index (κ1) is 14.8. The molecule has 1 unspecified atom stereocenters. The first-order valence-corrected chi connectivity index (χ1v) is 7.51. The largest absolute Gasteiger partial charge is 0.379 e. The van der Waals surface area contributed by atoms with Gasteiger partial charge in [0.05, 0.1) is 13.2 Å². The average molecular weight is 269 g/mol. The van der Waals surface area contributed by atoms with Crippen molar-refractivity contribution in [2.45, 2.75) is 50.6 Å². The van der Waals surface area contributed by atoms with Crippen LogP contribution in [0.4, 0.5) is 0 Å². The van der Waals surface area contributed by atoms with Crippen LogP contribution in [0.25, 0.3) is 0 Å². The van der Waals surface area contributed by atoms with Gasteiger partial charge in [0.1, 0.15) is 0 Å². The summed E-state index contributed by atoms with van der Waals surface area (Å²) in [7, 11) is 0. The van der Waals surface area contributed by atoms with Crippen LogP contribution in [0.15, 0.2) is 0 Å². The van der Waals surface area contributed by atoms with Crippen molar-refractivity contribution < 1.29 is 9.53 Å². The SMILES string of the molecule is CC(NC(=O)CCN)C1(N2CCOCC2)CCCC1. The van der Waals surface area contributed by atoms with E-state index in [-0.39, 0.29) is 17.5 Å². The van der Waals surface area contributed by atoms with Gasteiger partial charge in [-0.15, -0.1) is 0 Å². The van der Waals surface area contributed by atoms with Crippen molar-refractivity contribution in [3.05, 3.63) is 0 Å². The number of nitrogens with one attached hydrogen (secondary N) is 1. The Balaban J connectivity index is 2.03. The molecule has 0 radical (unpaired) electrons. The number of amides is 1. The third-order valence-corrected chi connectivity index (χ3v) is 4.67. The minimum Gasteiger partial charge on any atom is -0.379 e. The van der Waals surface area contributed by atoms with Crippen molar-refractivity contribution in [2.24, 2.45) is 5.73 Å². The first-order chi connectivity index (χ1) is 9.19. The second kappa shape index (κ2) is 6.68. The highest BCUT2D eigenvalue weighted by atomic mass is 16.5. The molecule has 1 aliphatic carbocycles. The minimum atomic E-state index is 0.0783. The van der Waals surface area contributed by atoms with Gasteiger partial charge in [-0.05, 0) is 19.8 Å². The second-order valence-corrected chi connectivity index (χ2v) is 5.74. The van der Waals surface area contributed by atoms with Crippen molar-refractivity contribution >= 4 is 5.91 Å². The lowest BCUT2D eigenvalue weighted by atomic mass is 9.86. The molecule has 0 aromatic carbocycles. The number of ether oxygens (including phenoxy) is 1. The molecule has 110 valence electrons. The van der Waals surface area contributed by atoms with E-state index in [1.54, 1.807) is 0 Å². The summed E-state index contributed by atoms with van der Waals surface area (Å²) in [5.41, 5.74) is 5.58. The molecule has 1 saturated heterocycles. The van der Waals surface area contributed by atoms with Crippen LogP contribution in [0, 0.1) is 0 Å². The number of hydrogen-bond acceptors (Lipinski definition) is 4. The van der Waals surface area contributed by atoms with Gasteiger partial charge in [0.15, 0.2) is 0 Å². The molecule has 2 aliphatic rings. The van der Waals surface area contributed by atoms with Gasteiger partial charge in [-0.2, -0.15) is 0 Å². The van der Waals surface area contributed by atoms with E-state index in [2.05, 4.69) is 17.1 Å². The molecule has 0 spiro atoms. The average Bonchev–Trinajstić information content (AvgIpc) is 2.90. The van der Waals surface area contributed by atoms with Crippen LogP contribution in [0.5, 0.6) is 0 Å². The molecule has 1 amide bonds. The van der Waals surface area contributed by atoms with E-state index in [1.165, 1.54) is 25.7 Å². The molecule has 0 aromatic heterocycles. The molecule has 5 heteroatoms. The van der Waals surface area contributed by atoms with E-state index in [0.29, 0.717) is 13.0 Å². The molecule has 19 heavy (non-hydrogen) atoms. The number of nitrogens with two attached hydrogens (primary N) is 1. The van der Waals surface area contributed by atoms with Crippen LogP contribution >= 0.6 is 0 Å². The van der Waals surface area contributed by atoms with Crippen LogP contribution in [0.2, 0.25) is 0 Å². The van der Waals surface area contributed by atoms with Crippen molar-refractivity contribution in [1.29, 1.82) is 0 Å². The van der Waals surface area contributed by atoms with Crippen LogP contribution in [0.3, 0.4) is 0 Å². The van der Waals surface area contributed by atoms with Gasteiger partial charge in [0.2, 0.25) is 5.91 Å². The fraction of sp³-hybridized carbons (Fsp3) is 0.929. The Bertz CT molecular complexity index is 297. The molecule has 1 aliphatic heterocycles. The number of morpholine rings is 1. The summed E-state index contributed by atoms with van der Waals surface area (Å²) in [6.07, 6.45) is 5.29. The number of carbonyl (C=O) groups excluding carboxylic acids is 1. The Kier molecular flexibility index (Phi) is 5.19. The summed E-state index contributed by atoms with van der Waals surface area (Å²) >= 11 is 0. The van der Waals surface area contributed by atoms with Gasteiger partial charge in [-0.25, -0.2) is 0 Å². The lowest BCUT2D eigenvalue weighted by Crippen LogP contribution is -2.62. The second-order valence-electron chi connectivity index (χ2n) is 5.74. The van der Waals surface area contributed by atoms with Crippen molar-refractivity contribution in [1.82, 2.24) is 10.2 Å². The maximum absolute atomic E-state index is 11.8. The van der Waals surface area contributed by atoms with Gasteiger partial charge in [-0.3, -0.25) is 9.69 Å². The Morgan fingerprint density at radius 2 is 2.00 bits per heavy atom. The molecule has 1 heterocycles. The molecule has 2 rings (SSSR count). The van der Waals surface area contributed by atoms with Crippen LogP contribution in [-0.2, 0) is 9.53 Å². The van der Waals surface area contributed by atoms with Gasteiger partial charge in [0, 0.05) is 37.6 Å². The standard InChI is InChI=1S/C14H27N3O2/c1-12(16-13(18)4-7-15)14(5-2-3-6-14)17-8-10-19-11-9-17/h12H,2-11,15H2,1H3,(H,16,18). The van der Waals surface area contributed by atoms with Crippen molar-refractivity contribution in [3.8, 4) is 0 Å². The Morgan fingerprint density at radius 3 is 2.58 bits per heavy atom. The van der Waals surface area contributed by atoms with E-state index >= 15 is 0 Å². The molecule has 5 nitrogen and oxygen atoms in total. The monoisotopic (exact) mass is 269 g/mol. The predicted octanol–water partition coefficient (Wildman–Crippen LogP) is 0.485. The molecule has 0 bridgehead atoms. The Hall–Kier alpha value is -0.650. The van der Waals surface area contributed by atoms with Crippen LogP contribution in [0.1, 0.15) is 39.0 Å². The molecule has 0 aromatic rings. The smallest absolute Gasteiger partial charge is 0.221 e. The third kappa shape index (κ3) is 3.27. The zero-order valence-electron chi connectivity index (χ0n) is 12.0. The maximum atomic E-state index is 11.8. The van der Waals surface area contributed by atoms with E-state index in [1.807, 2.05) is 0 Å². The highest BCUT2D eigenvalue weighted by Gasteiger charge is 2.44. The van der Waals surface area contributed by atoms with Crippen LogP contribution in [-0.4, -0.2) is 55.2 Å². The molecular formula is C14H27N3O2. The highest BCUT2D eigenvalue weighted by Crippen LogP contribution is 2.38. The van der Waals surface area contributed by atoms with Crippen molar-refractivity contribution in [2.75, 3.05) is 32.8 Å². The number of hydrogen-bond donors (Lipinski definition) is 2. The van der Waals surface area contributed by atoms with E-state index in [0.717, 1.165) is 26.3 Å². The molecule has 1 saturated carbocycles. The van der Waals surface area contributed by atoms with Gasteiger partial charge in [-0.1, -0.05) is 12.8 Å². The zero-order chi connectivity index (χ0) is 13.7. The Labute approximate surface area is 115 Å². The van der Waals surface area contributed by atoms with Gasteiger partial charge < -0.3 is 15.8 Å². The summed E-state index contributed by atoms with van der Waals surface area (Å²) in [4.78, 5) is 14.3. The molecule has 2 fully saturated rings. The zero-order valence-corrected chi connectivity index (χ0v) is 12.0. The highest BCUT2D eigenvalue weighted by molar-refractivity contribution is 5.76. The quantitative estimate of drug-likeness (QED) is 0.762. The lowest BCUT2D eigenvalue weighted by Gasteiger charge is -2.47. The maximum Gasteiger partial charge on any atom is 0.221 e. The fourth-order valence-electron chi connectivity index (χ4n) is 3.60. The number of carbonyl (C=O) groups is 1. The van der Waals surface area contributed by atoms with E-state index in [9.17, 15) is 4.79 Å². The van der Waals surface area contributed by atoms with Gasteiger partial charge >= 0.3 is 0 Å². The van der Waals surface area contributed by atoms with Crippen molar-refractivity contribution in [3.63, 3.8) is 0 Å². The van der Waals surface area contributed by atoms with E-state index in [4.69, 9.17) is 10.5 Å². The molecule has 3 N–H and O–H groups in total. The number of nitrogens with zero attached hydrogens (tertiary/aromatic N) is 1. The predicted molar refractivity (Wildman–Crippen MR) is 74.9 cm³/mol. The van der Waals surface area contributed by atoms with E-state index < -0.39 is 0 Å². The third-order valence-electron chi connectivity index (χ3n) is 4.67. The first-order valence-electron chi connectivity index (χ1n) is 7.51. The summed E-state index contributed by atoms with van der Waals surface area (Å²) < 4.78 is 5.46. The van der Waals surface area contributed by atoms with Gasteiger partial charge in [0.25, 0.3) is 0 Å². The summed E-state index contributed by atoms with van der Waals surface area (Å²) in [5, 5.41) is 3.16. The normalized spacial score (nSPS) is 25.2.